The Hall–Kier alpha value is -2.00. The molecule has 0 atom stereocenters. The Bertz CT molecular complexity index is 665. The number of rotatable bonds is 4. The fraction of sp³-hybridized carbons (Fsp3) is 0.500. The predicted molar refractivity (Wildman–Crippen MR) is 75.8 cm³/mol. The van der Waals surface area contributed by atoms with Crippen molar-refractivity contribution in [3.63, 3.8) is 0 Å². The molecule has 0 amide bonds. The second-order valence-electron chi connectivity index (χ2n) is 4.56. The number of hydrogen-bond acceptors (Lipinski definition) is 8. The minimum Gasteiger partial charge on any atom is -0.469 e. The summed E-state index contributed by atoms with van der Waals surface area (Å²) in [4.78, 5) is 15.0. The number of nitrogens with one attached hydrogen (secondary N) is 1. The Balaban J connectivity index is 1.72. The van der Waals surface area contributed by atoms with Crippen LogP contribution < -0.4 is 9.64 Å². The highest BCUT2D eigenvalue weighted by Gasteiger charge is 2.15. The zero-order valence-electron chi connectivity index (χ0n) is 11.5. The van der Waals surface area contributed by atoms with Gasteiger partial charge >= 0.3 is 4.84 Å². The van der Waals surface area contributed by atoms with Crippen LogP contribution in [0.2, 0.25) is 0 Å². The zero-order valence-corrected chi connectivity index (χ0v) is 12.4. The lowest BCUT2D eigenvalue weighted by Gasteiger charge is -2.27. The van der Waals surface area contributed by atoms with Gasteiger partial charge in [0.2, 0.25) is 11.8 Å². The first-order valence-electron chi connectivity index (χ1n) is 6.56. The highest BCUT2D eigenvalue weighted by molar-refractivity contribution is 7.71. The van der Waals surface area contributed by atoms with Gasteiger partial charge in [0, 0.05) is 24.8 Å². The number of anilines is 1. The van der Waals surface area contributed by atoms with Crippen LogP contribution in [-0.4, -0.2) is 46.4 Å². The molecule has 0 aromatic carbocycles. The smallest absolute Gasteiger partial charge is 0.314 e. The number of ether oxygens (including phenoxy) is 2. The molecule has 1 fully saturated rings. The summed E-state index contributed by atoms with van der Waals surface area (Å²) in [5.41, 5.74) is 0.842. The van der Waals surface area contributed by atoms with E-state index in [0.717, 1.165) is 18.8 Å². The van der Waals surface area contributed by atoms with Crippen LogP contribution in [-0.2, 0) is 11.3 Å². The van der Waals surface area contributed by atoms with Gasteiger partial charge in [-0.3, -0.25) is 0 Å². The molecule has 2 aromatic heterocycles. The molecule has 8 nitrogen and oxygen atoms in total. The molecule has 1 saturated heterocycles. The van der Waals surface area contributed by atoms with Crippen LogP contribution in [0.25, 0.3) is 0 Å². The Morgan fingerprint density at radius 2 is 2.14 bits per heavy atom. The number of aromatic nitrogens is 4. The normalized spacial score (nSPS) is 15.2. The zero-order chi connectivity index (χ0) is 14.7. The quantitative estimate of drug-likeness (QED) is 0.844. The van der Waals surface area contributed by atoms with Crippen LogP contribution in [0.3, 0.4) is 0 Å². The third-order valence-corrected chi connectivity index (χ3v) is 3.13. The SMILES string of the molecule is Cc1cc(OCc2nc(=S)o[nH]2)nc(N2CCOCC2)n1. The Kier molecular flexibility index (Phi) is 4.11. The van der Waals surface area contributed by atoms with Crippen molar-refractivity contribution in [1.29, 1.82) is 0 Å². The van der Waals surface area contributed by atoms with Crippen LogP contribution in [0.1, 0.15) is 11.5 Å². The van der Waals surface area contributed by atoms with E-state index < -0.39 is 0 Å². The van der Waals surface area contributed by atoms with Crippen LogP contribution in [0.5, 0.6) is 5.88 Å². The Labute approximate surface area is 126 Å². The number of nitrogens with zero attached hydrogens (tertiary/aromatic N) is 4. The summed E-state index contributed by atoms with van der Waals surface area (Å²) in [6.45, 7) is 5.03. The first-order chi connectivity index (χ1) is 10.2. The molecule has 2 aromatic rings. The van der Waals surface area contributed by atoms with E-state index >= 15 is 0 Å². The van der Waals surface area contributed by atoms with E-state index in [9.17, 15) is 0 Å². The lowest BCUT2D eigenvalue weighted by Crippen LogP contribution is -2.37. The lowest BCUT2D eigenvalue weighted by atomic mass is 10.4. The second kappa shape index (κ2) is 6.19. The molecule has 0 radical (unpaired) electrons. The second-order valence-corrected chi connectivity index (χ2v) is 4.91. The summed E-state index contributed by atoms with van der Waals surface area (Å²) in [5, 5.41) is 2.58. The van der Waals surface area contributed by atoms with Crippen molar-refractivity contribution in [2.45, 2.75) is 13.5 Å². The maximum absolute atomic E-state index is 5.61. The van der Waals surface area contributed by atoms with Gasteiger partial charge in [0.15, 0.2) is 12.4 Å². The summed E-state index contributed by atoms with van der Waals surface area (Å²) < 4.78 is 15.8. The van der Waals surface area contributed by atoms with E-state index in [2.05, 4.69) is 25.0 Å². The van der Waals surface area contributed by atoms with Gasteiger partial charge in [-0.25, -0.2) is 10.1 Å². The average molecular weight is 309 g/mol. The van der Waals surface area contributed by atoms with E-state index in [0.29, 0.717) is 30.9 Å². The summed E-state index contributed by atoms with van der Waals surface area (Å²) in [6.07, 6.45) is 0. The van der Waals surface area contributed by atoms with Crippen molar-refractivity contribution in [1.82, 2.24) is 20.1 Å². The van der Waals surface area contributed by atoms with Gasteiger partial charge in [0.1, 0.15) is 0 Å². The van der Waals surface area contributed by atoms with Crippen LogP contribution >= 0.6 is 12.2 Å². The van der Waals surface area contributed by atoms with Gasteiger partial charge in [-0.1, -0.05) is 0 Å². The van der Waals surface area contributed by atoms with Gasteiger partial charge in [0.25, 0.3) is 0 Å². The first kappa shape index (κ1) is 14.0. The molecule has 1 aliphatic rings. The fourth-order valence-corrected chi connectivity index (χ4v) is 2.12. The molecule has 0 saturated carbocycles. The van der Waals surface area contributed by atoms with E-state index in [1.165, 1.54) is 0 Å². The van der Waals surface area contributed by atoms with Gasteiger partial charge < -0.3 is 18.9 Å². The molecule has 0 aliphatic carbocycles. The minimum absolute atomic E-state index is 0.154. The van der Waals surface area contributed by atoms with Gasteiger partial charge in [0.05, 0.1) is 13.2 Å². The van der Waals surface area contributed by atoms with E-state index in [1.807, 2.05) is 6.92 Å². The summed E-state index contributed by atoms with van der Waals surface area (Å²) in [6, 6.07) is 1.78. The largest absolute Gasteiger partial charge is 0.469 e. The molecule has 1 N–H and O–H groups in total. The first-order valence-corrected chi connectivity index (χ1v) is 6.97. The van der Waals surface area contributed by atoms with Crippen molar-refractivity contribution in [2.75, 3.05) is 31.2 Å². The molecule has 9 heteroatoms. The molecule has 0 spiro atoms. The van der Waals surface area contributed by atoms with Crippen molar-refractivity contribution in [3.8, 4) is 5.88 Å². The predicted octanol–water partition coefficient (Wildman–Crippen LogP) is 1.25. The number of aryl methyl sites for hydroxylation is 1. The molecule has 21 heavy (non-hydrogen) atoms. The monoisotopic (exact) mass is 309 g/mol. The number of hydrogen-bond donors (Lipinski definition) is 1. The van der Waals surface area contributed by atoms with Gasteiger partial charge in [-0.2, -0.15) is 9.97 Å². The van der Waals surface area contributed by atoms with Crippen LogP contribution in [0, 0.1) is 11.8 Å². The van der Waals surface area contributed by atoms with Crippen molar-refractivity contribution in [3.05, 3.63) is 22.4 Å². The molecule has 0 bridgehead atoms. The van der Waals surface area contributed by atoms with Crippen molar-refractivity contribution < 1.29 is 14.0 Å². The maximum Gasteiger partial charge on any atom is 0.314 e. The topological polar surface area (TPSA) is 89.3 Å². The van der Waals surface area contributed by atoms with Gasteiger partial charge in [-0.05, 0) is 19.1 Å². The van der Waals surface area contributed by atoms with Crippen molar-refractivity contribution >= 4 is 18.2 Å². The van der Waals surface area contributed by atoms with E-state index in [-0.39, 0.29) is 11.4 Å². The van der Waals surface area contributed by atoms with E-state index in [4.69, 9.17) is 26.2 Å². The average Bonchev–Trinajstić information content (AvgIpc) is 2.91. The minimum atomic E-state index is 0.154. The van der Waals surface area contributed by atoms with Crippen LogP contribution in [0.15, 0.2) is 10.6 Å². The maximum atomic E-state index is 5.61. The molecule has 3 rings (SSSR count). The van der Waals surface area contributed by atoms with E-state index in [1.54, 1.807) is 6.07 Å². The molecular weight excluding hydrogens is 294 g/mol. The third kappa shape index (κ3) is 3.56. The Morgan fingerprint density at radius 3 is 2.86 bits per heavy atom. The number of aromatic amines is 1. The number of H-pyrrole nitrogens is 1. The number of morpholine rings is 1. The Morgan fingerprint density at radius 1 is 1.33 bits per heavy atom. The van der Waals surface area contributed by atoms with Gasteiger partial charge in [-0.15, -0.1) is 0 Å². The summed E-state index contributed by atoms with van der Waals surface area (Å²) in [5.74, 6) is 1.66. The highest BCUT2D eigenvalue weighted by atomic mass is 32.1. The third-order valence-electron chi connectivity index (χ3n) is 2.95. The molecule has 3 heterocycles. The standard InChI is InChI=1S/C12H15N5O3S/c1-8-6-10(19-7-9-14-12(21)20-16-9)15-11(13-8)17-2-4-18-5-3-17/h6H,2-5,7H2,1H3,(H,14,16,21). The fourth-order valence-electron chi connectivity index (χ4n) is 1.97. The van der Waals surface area contributed by atoms with Crippen LogP contribution in [0.4, 0.5) is 5.95 Å². The molecule has 0 unspecified atom stereocenters. The molecule has 1 aliphatic heterocycles. The summed E-state index contributed by atoms with van der Waals surface area (Å²) in [7, 11) is 0. The molecular formula is C12H15N5O3S. The molecule has 112 valence electrons. The summed E-state index contributed by atoms with van der Waals surface area (Å²) >= 11 is 4.78. The lowest BCUT2D eigenvalue weighted by molar-refractivity contribution is 0.122. The highest BCUT2D eigenvalue weighted by Crippen LogP contribution is 2.17. The van der Waals surface area contributed by atoms with Crippen molar-refractivity contribution in [2.24, 2.45) is 0 Å².